The van der Waals surface area contributed by atoms with Crippen LogP contribution in [0, 0.1) is 0 Å². The molecular formula is C15H25N3O. The molecule has 0 aliphatic heterocycles. The van der Waals surface area contributed by atoms with Crippen LogP contribution in [-0.2, 0) is 17.9 Å². The molecule has 1 aromatic rings. The number of benzene rings is 1. The quantitative estimate of drug-likeness (QED) is 0.781. The zero-order valence-electron chi connectivity index (χ0n) is 12.4. The van der Waals surface area contributed by atoms with Gasteiger partial charge >= 0.3 is 0 Å². The topological polar surface area (TPSA) is 44.4 Å². The van der Waals surface area contributed by atoms with Gasteiger partial charge in [-0.1, -0.05) is 38.1 Å². The van der Waals surface area contributed by atoms with E-state index in [2.05, 4.69) is 27.7 Å². The molecule has 4 heteroatoms. The first kappa shape index (κ1) is 15.7. The molecule has 2 N–H and O–H groups in total. The van der Waals surface area contributed by atoms with Crippen LogP contribution in [-0.4, -0.2) is 37.5 Å². The van der Waals surface area contributed by atoms with Crippen LogP contribution in [0.4, 0.5) is 0 Å². The highest BCUT2D eigenvalue weighted by molar-refractivity contribution is 5.78. The van der Waals surface area contributed by atoms with Gasteiger partial charge in [-0.05, 0) is 25.2 Å². The summed E-state index contributed by atoms with van der Waals surface area (Å²) in [5, 5.41) is 6.06. The maximum Gasteiger partial charge on any atom is 0.234 e. The van der Waals surface area contributed by atoms with Gasteiger partial charge in [0.25, 0.3) is 0 Å². The van der Waals surface area contributed by atoms with E-state index in [9.17, 15) is 4.79 Å². The lowest BCUT2D eigenvalue weighted by molar-refractivity contribution is -0.120. The lowest BCUT2D eigenvalue weighted by Gasteiger charge is -2.15. The van der Waals surface area contributed by atoms with Crippen molar-refractivity contribution >= 4 is 5.91 Å². The second kappa shape index (κ2) is 7.92. The first-order chi connectivity index (χ1) is 8.99. The Morgan fingerprint density at radius 3 is 2.42 bits per heavy atom. The van der Waals surface area contributed by atoms with Crippen molar-refractivity contribution in [2.75, 3.05) is 20.6 Å². The van der Waals surface area contributed by atoms with Gasteiger partial charge in [0.2, 0.25) is 5.91 Å². The van der Waals surface area contributed by atoms with Crippen LogP contribution in [0.5, 0.6) is 0 Å². The second-order valence-corrected chi connectivity index (χ2v) is 5.32. The van der Waals surface area contributed by atoms with Gasteiger partial charge in [0.1, 0.15) is 0 Å². The molecule has 19 heavy (non-hydrogen) atoms. The summed E-state index contributed by atoms with van der Waals surface area (Å²) in [6, 6.07) is 8.53. The Morgan fingerprint density at radius 1 is 1.21 bits per heavy atom. The van der Waals surface area contributed by atoms with Gasteiger partial charge in [0.05, 0.1) is 6.54 Å². The van der Waals surface area contributed by atoms with E-state index >= 15 is 0 Å². The fraction of sp³-hybridized carbons (Fsp3) is 0.533. The Labute approximate surface area is 116 Å². The van der Waals surface area contributed by atoms with Gasteiger partial charge in [0, 0.05) is 19.1 Å². The number of amides is 1. The third-order valence-corrected chi connectivity index (χ3v) is 2.75. The second-order valence-electron chi connectivity index (χ2n) is 5.32. The third-order valence-electron chi connectivity index (χ3n) is 2.75. The Kier molecular flexibility index (Phi) is 6.53. The summed E-state index contributed by atoms with van der Waals surface area (Å²) in [5.41, 5.74) is 2.43. The lowest BCUT2D eigenvalue weighted by Crippen LogP contribution is -2.36. The lowest BCUT2D eigenvalue weighted by atomic mass is 10.1. The maximum atomic E-state index is 11.7. The van der Waals surface area contributed by atoms with E-state index in [1.54, 1.807) is 0 Å². The maximum absolute atomic E-state index is 11.7. The summed E-state index contributed by atoms with van der Waals surface area (Å²) in [6.45, 7) is 5.89. The summed E-state index contributed by atoms with van der Waals surface area (Å²) in [5.74, 6) is 0.0355. The molecule has 0 saturated heterocycles. The van der Waals surface area contributed by atoms with E-state index in [1.807, 2.05) is 40.1 Å². The van der Waals surface area contributed by atoms with Gasteiger partial charge in [-0.25, -0.2) is 0 Å². The number of hydrogen-bond donors (Lipinski definition) is 2. The number of nitrogens with zero attached hydrogens (tertiary/aromatic N) is 1. The predicted molar refractivity (Wildman–Crippen MR) is 78.8 cm³/mol. The van der Waals surface area contributed by atoms with E-state index in [-0.39, 0.29) is 5.91 Å². The molecule has 0 spiro atoms. The summed E-state index contributed by atoms with van der Waals surface area (Å²) >= 11 is 0. The van der Waals surface area contributed by atoms with Crippen molar-refractivity contribution in [1.29, 1.82) is 0 Å². The van der Waals surface area contributed by atoms with Crippen molar-refractivity contribution in [3.8, 4) is 0 Å². The van der Waals surface area contributed by atoms with Crippen molar-refractivity contribution in [2.45, 2.75) is 33.0 Å². The number of hydrogen-bond acceptors (Lipinski definition) is 3. The molecule has 0 saturated carbocycles. The van der Waals surface area contributed by atoms with Crippen molar-refractivity contribution < 1.29 is 4.79 Å². The molecule has 1 amide bonds. The zero-order valence-corrected chi connectivity index (χ0v) is 12.4. The Hall–Kier alpha value is -1.39. The van der Waals surface area contributed by atoms with E-state index in [0.717, 1.165) is 6.54 Å². The molecular weight excluding hydrogens is 238 g/mol. The van der Waals surface area contributed by atoms with E-state index in [1.165, 1.54) is 11.1 Å². The number of carbonyl (C=O) groups is 1. The number of carbonyl (C=O) groups excluding carboxylic acids is 1. The highest BCUT2D eigenvalue weighted by Gasteiger charge is 2.06. The fourth-order valence-corrected chi connectivity index (χ4v) is 1.78. The summed E-state index contributed by atoms with van der Waals surface area (Å²) < 4.78 is 0. The van der Waals surface area contributed by atoms with E-state index in [4.69, 9.17) is 0 Å². The van der Waals surface area contributed by atoms with Gasteiger partial charge in [-0.2, -0.15) is 0 Å². The Bertz CT molecular complexity index is 402. The molecule has 0 heterocycles. The molecule has 0 fully saturated rings. The predicted octanol–water partition coefficient (Wildman–Crippen LogP) is 1.36. The van der Waals surface area contributed by atoms with Crippen LogP contribution >= 0.6 is 0 Å². The minimum absolute atomic E-state index is 0.0355. The average Bonchev–Trinajstić information content (AvgIpc) is 2.34. The SMILES string of the molecule is CC(C)NCC(=O)NCc1ccccc1CN(C)C. The van der Waals surface area contributed by atoms with Crippen LogP contribution < -0.4 is 10.6 Å². The average molecular weight is 263 g/mol. The first-order valence-electron chi connectivity index (χ1n) is 6.70. The number of nitrogens with one attached hydrogen (secondary N) is 2. The molecule has 0 aliphatic rings. The highest BCUT2D eigenvalue weighted by atomic mass is 16.1. The molecule has 0 radical (unpaired) electrons. The van der Waals surface area contributed by atoms with E-state index < -0.39 is 0 Å². The smallest absolute Gasteiger partial charge is 0.234 e. The van der Waals surface area contributed by atoms with Crippen molar-refractivity contribution in [3.05, 3.63) is 35.4 Å². The van der Waals surface area contributed by atoms with Crippen LogP contribution in [0.25, 0.3) is 0 Å². The van der Waals surface area contributed by atoms with Gasteiger partial charge in [0.15, 0.2) is 0 Å². The number of rotatable bonds is 7. The van der Waals surface area contributed by atoms with Crippen molar-refractivity contribution in [3.63, 3.8) is 0 Å². The zero-order chi connectivity index (χ0) is 14.3. The third kappa shape index (κ3) is 6.36. The Morgan fingerprint density at radius 2 is 1.84 bits per heavy atom. The molecule has 0 atom stereocenters. The fourth-order valence-electron chi connectivity index (χ4n) is 1.78. The summed E-state index contributed by atoms with van der Waals surface area (Å²) in [4.78, 5) is 13.8. The molecule has 106 valence electrons. The minimum Gasteiger partial charge on any atom is -0.351 e. The highest BCUT2D eigenvalue weighted by Crippen LogP contribution is 2.10. The molecule has 1 rings (SSSR count). The molecule has 0 bridgehead atoms. The summed E-state index contributed by atoms with van der Waals surface area (Å²) in [6.07, 6.45) is 0. The van der Waals surface area contributed by atoms with Crippen LogP contribution in [0.3, 0.4) is 0 Å². The van der Waals surface area contributed by atoms with Gasteiger partial charge in [-0.3, -0.25) is 4.79 Å². The van der Waals surface area contributed by atoms with Crippen LogP contribution in [0.2, 0.25) is 0 Å². The Balaban J connectivity index is 2.50. The van der Waals surface area contributed by atoms with Crippen molar-refractivity contribution in [1.82, 2.24) is 15.5 Å². The summed E-state index contributed by atoms with van der Waals surface area (Å²) in [7, 11) is 4.09. The molecule has 0 aliphatic carbocycles. The van der Waals surface area contributed by atoms with Gasteiger partial charge < -0.3 is 15.5 Å². The molecule has 1 aromatic carbocycles. The molecule has 0 aromatic heterocycles. The van der Waals surface area contributed by atoms with E-state index in [0.29, 0.717) is 19.1 Å². The normalized spacial score (nSPS) is 11.1. The van der Waals surface area contributed by atoms with Crippen LogP contribution in [0.1, 0.15) is 25.0 Å². The van der Waals surface area contributed by atoms with Gasteiger partial charge in [-0.15, -0.1) is 0 Å². The van der Waals surface area contributed by atoms with Crippen molar-refractivity contribution in [2.24, 2.45) is 0 Å². The molecule has 4 nitrogen and oxygen atoms in total. The largest absolute Gasteiger partial charge is 0.351 e. The molecule has 0 unspecified atom stereocenters. The monoisotopic (exact) mass is 263 g/mol. The standard InChI is InChI=1S/C15H25N3O/c1-12(2)16-10-15(19)17-9-13-7-5-6-8-14(13)11-18(3)4/h5-8,12,16H,9-11H2,1-4H3,(H,17,19). The minimum atomic E-state index is 0.0355. The van der Waals surface area contributed by atoms with Crippen LogP contribution in [0.15, 0.2) is 24.3 Å². The first-order valence-corrected chi connectivity index (χ1v) is 6.70.